The molecule has 1 aliphatic rings. The van der Waals surface area contributed by atoms with Gasteiger partial charge in [0.15, 0.2) is 0 Å². The molecule has 0 radical (unpaired) electrons. The lowest BCUT2D eigenvalue weighted by atomic mass is 10.1. The molecular weight excluding hydrogens is 293 g/mol. The molecule has 9 heteroatoms. The summed E-state index contributed by atoms with van der Waals surface area (Å²) in [6, 6.07) is -1.40. The van der Waals surface area contributed by atoms with Gasteiger partial charge in [-0.05, 0) is 20.8 Å². The lowest BCUT2D eigenvalue weighted by Crippen LogP contribution is -2.59. The van der Waals surface area contributed by atoms with Crippen LogP contribution in [0.15, 0.2) is 0 Å². The first-order chi connectivity index (χ1) is 9.39. The second kappa shape index (κ2) is 6.08. The third-order valence-electron chi connectivity index (χ3n) is 2.81. The van der Waals surface area contributed by atoms with Gasteiger partial charge in [0.25, 0.3) is 0 Å². The van der Waals surface area contributed by atoms with Gasteiger partial charge in [-0.2, -0.15) is 13.2 Å². The van der Waals surface area contributed by atoms with Crippen molar-refractivity contribution < 1.29 is 32.6 Å². The third-order valence-corrected chi connectivity index (χ3v) is 2.81. The summed E-state index contributed by atoms with van der Waals surface area (Å²) in [5.41, 5.74) is -0.751. The zero-order valence-corrected chi connectivity index (χ0v) is 12.1. The number of nitrogens with zero attached hydrogens (tertiary/aromatic N) is 2. The molecule has 1 saturated heterocycles. The average molecular weight is 312 g/mol. The van der Waals surface area contributed by atoms with Gasteiger partial charge in [-0.1, -0.05) is 0 Å². The largest absolute Gasteiger partial charge is 0.480 e. The van der Waals surface area contributed by atoms with E-state index in [2.05, 4.69) is 0 Å². The second-order valence-electron chi connectivity index (χ2n) is 5.87. The molecule has 0 aliphatic carbocycles. The van der Waals surface area contributed by atoms with Crippen molar-refractivity contribution >= 4 is 12.1 Å². The Morgan fingerprint density at radius 3 is 2.24 bits per heavy atom. The Kier molecular flexibility index (Phi) is 5.08. The van der Waals surface area contributed by atoms with E-state index in [9.17, 15) is 22.8 Å². The molecule has 1 aliphatic heterocycles. The molecule has 0 spiro atoms. The Balaban J connectivity index is 2.73. The van der Waals surface area contributed by atoms with Gasteiger partial charge in [-0.3, -0.25) is 9.69 Å². The summed E-state index contributed by atoms with van der Waals surface area (Å²) in [5.74, 6) is -1.40. The Hall–Kier alpha value is -1.51. The second-order valence-corrected chi connectivity index (χ2v) is 5.87. The Morgan fingerprint density at radius 1 is 1.24 bits per heavy atom. The highest BCUT2D eigenvalue weighted by molar-refractivity contribution is 5.76. The zero-order chi connectivity index (χ0) is 16.4. The minimum atomic E-state index is -4.48. The maximum atomic E-state index is 12.4. The molecule has 0 saturated carbocycles. The first-order valence-electron chi connectivity index (χ1n) is 6.40. The molecule has 1 N–H and O–H groups in total. The molecule has 1 heterocycles. The molecule has 1 atom stereocenters. The van der Waals surface area contributed by atoms with Gasteiger partial charge >= 0.3 is 18.2 Å². The minimum absolute atomic E-state index is 0.00519. The van der Waals surface area contributed by atoms with Crippen LogP contribution in [0.1, 0.15) is 20.8 Å². The topological polar surface area (TPSA) is 70.1 Å². The van der Waals surface area contributed by atoms with Crippen LogP contribution in [0.25, 0.3) is 0 Å². The van der Waals surface area contributed by atoms with Crippen molar-refractivity contribution in [3.05, 3.63) is 0 Å². The number of aliphatic carboxylic acids is 1. The van der Waals surface area contributed by atoms with Crippen molar-refractivity contribution in [3.8, 4) is 0 Å². The van der Waals surface area contributed by atoms with E-state index < -0.39 is 36.4 Å². The molecule has 122 valence electrons. The van der Waals surface area contributed by atoms with Crippen LogP contribution in [-0.2, 0) is 9.53 Å². The third kappa shape index (κ3) is 5.78. The van der Waals surface area contributed by atoms with Crippen LogP contribution in [0.4, 0.5) is 18.0 Å². The lowest BCUT2D eigenvalue weighted by molar-refractivity contribution is -0.166. The smallest absolute Gasteiger partial charge is 0.410 e. The van der Waals surface area contributed by atoms with Crippen LogP contribution in [0, 0.1) is 0 Å². The predicted octanol–water partition coefficient (Wildman–Crippen LogP) is 1.55. The number of piperazine rings is 1. The Bertz CT molecular complexity index is 406. The fraction of sp³-hybridized carbons (Fsp3) is 0.833. The van der Waals surface area contributed by atoms with Gasteiger partial charge in [0.1, 0.15) is 11.6 Å². The highest BCUT2D eigenvalue weighted by Crippen LogP contribution is 2.21. The van der Waals surface area contributed by atoms with Crippen LogP contribution in [0.5, 0.6) is 0 Å². The van der Waals surface area contributed by atoms with Crippen LogP contribution in [0.2, 0.25) is 0 Å². The maximum absolute atomic E-state index is 12.4. The number of halogens is 3. The summed E-state index contributed by atoms with van der Waals surface area (Å²) < 4.78 is 42.3. The molecule has 0 bridgehead atoms. The van der Waals surface area contributed by atoms with Crippen molar-refractivity contribution in [2.75, 3.05) is 26.2 Å². The first kappa shape index (κ1) is 17.5. The van der Waals surface area contributed by atoms with Gasteiger partial charge < -0.3 is 14.7 Å². The highest BCUT2D eigenvalue weighted by atomic mass is 19.4. The number of amides is 1. The zero-order valence-electron chi connectivity index (χ0n) is 12.1. The quantitative estimate of drug-likeness (QED) is 0.838. The lowest BCUT2D eigenvalue weighted by Gasteiger charge is -2.39. The van der Waals surface area contributed by atoms with Crippen LogP contribution >= 0.6 is 0 Å². The number of alkyl halides is 3. The number of carbonyl (C=O) groups excluding carboxylic acids is 1. The van der Waals surface area contributed by atoms with Crippen molar-refractivity contribution in [1.29, 1.82) is 0 Å². The summed E-state index contributed by atoms with van der Waals surface area (Å²) in [7, 11) is 0. The van der Waals surface area contributed by atoms with E-state index in [4.69, 9.17) is 9.84 Å². The van der Waals surface area contributed by atoms with E-state index >= 15 is 0 Å². The first-order valence-corrected chi connectivity index (χ1v) is 6.40. The Labute approximate surface area is 120 Å². The van der Waals surface area contributed by atoms with E-state index in [1.165, 1.54) is 0 Å². The van der Waals surface area contributed by atoms with Crippen LogP contribution in [-0.4, -0.2) is 71.0 Å². The molecule has 0 unspecified atom stereocenters. The van der Waals surface area contributed by atoms with Gasteiger partial charge in [0, 0.05) is 13.1 Å². The molecule has 0 aromatic rings. The minimum Gasteiger partial charge on any atom is -0.480 e. The summed E-state index contributed by atoms with van der Waals surface area (Å²) in [4.78, 5) is 24.9. The van der Waals surface area contributed by atoms with E-state index in [1.54, 1.807) is 20.8 Å². The number of carboxylic acids is 1. The number of ether oxygens (including phenoxy) is 1. The summed E-state index contributed by atoms with van der Waals surface area (Å²) >= 11 is 0. The number of rotatable bonds is 2. The predicted molar refractivity (Wildman–Crippen MR) is 66.9 cm³/mol. The maximum Gasteiger partial charge on any atom is 0.410 e. The monoisotopic (exact) mass is 312 g/mol. The van der Waals surface area contributed by atoms with E-state index in [0.717, 1.165) is 9.80 Å². The van der Waals surface area contributed by atoms with E-state index in [0.29, 0.717) is 0 Å². The van der Waals surface area contributed by atoms with E-state index in [-0.39, 0.29) is 19.6 Å². The SMILES string of the molecule is CC(C)(C)OC(=O)N1CCN(CC(F)(F)F)[C@H](C(=O)O)C1. The van der Waals surface area contributed by atoms with Crippen molar-refractivity contribution in [2.45, 2.75) is 38.6 Å². The highest BCUT2D eigenvalue weighted by Gasteiger charge is 2.41. The average Bonchev–Trinajstić information content (AvgIpc) is 2.24. The fourth-order valence-corrected chi connectivity index (χ4v) is 1.97. The molecule has 21 heavy (non-hydrogen) atoms. The van der Waals surface area contributed by atoms with Gasteiger partial charge in [-0.25, -0.2) is 4.79 Å². The number of carbonyl (C=O) groups is 2. The summed E-state index contributed by atoms with van der Waals surface area (Å²) in [5, 5.41) is 9.05. The molecule has 6 nitrogen and oxygen atoms in total. The number of carboxylic acid groups (broad SMARTS) is 1. The Morgan fingerprint density at radius 2 is 1.81 bits per heavy atom. The normalized spacial score (nSPS) is 21.2. The standard InChI is InChI=1S/C12H19F3N2O4/c1-11(2,3)21-10(20)16-4-5-17(7-12(13,14)15)8(6-16)9(18)19/h8H,4-7H2,1-3H3,(H,18,19)/t8-/m0/s1. The van der Waals surface area contributed by atoms with Crippen LogP contribution in [0.3, 0.4) is 0 Å². The molecule has 1 rings (SSSR count). The van der Waals surface area contributed by atoms with Crippen molar-refractivity contribution in [1.82, 2.24) is 9.80 Å². The van der Waals surface area contributed by atoms with Crippen molar-refractivity contribution in [3.63, 3.8) is 0 Å². The molecule has 0 aromatic heterocycles. The fourth-order valence-electron chi connectivity index (χ4n) is 1.97. The summed E-state index contributed by atoms with van der Waals surface area (Å²) in [6.45, 7) is 3.13. The van der Waals surface area contributed by atoms with Crippen molar-refractivity contribution in [2.24, 2.45) is 0 Å². The number of hydrogen-bond donors (Lipinski definition) is 1. The molecular formula is C12H19F3N2O4. The molecule has 0 aromatic carbocycles. The molecule has 1 fully saturated rings. The number of hydrogen-bond acceptors (Lipinski definition) is 4. The van der Waals surface area contributed by atoms with E-state index in [1.807, 2.05) is 0 Å². The summed E-state index contributed by atoms with van der Waals surface area (Å²) in [6.07, 6.45) is -5.21. The molecule has 1 amide bonds. The van der Waals surface area contributed by atoms with Gasteiger partial charge in [0.2, 0.25) is 0 Å². The van der Waals surface area contributed by atoms with Gasteiger partial charge in [0.05, 0.1) is 13.1 Å². The van der Waals surface area contributed by atoms with Gasteiger partial charge in [-0.15, -0.1) is 0 Å². The van der Waals surface area contributed by atoms with Crippen LogP contribution < -0.4 is 0 Å².